The standard InChI is InChI=1S/C13H22N2O2S3/c1-3-20(16,17)12-9-18-8-6-15(12)13(10(2)14)11-5-4-7-19-11/h4-5,7,10,12-13H,3,6,8-9,14H2,1-2H3. The van der Waals surface area contributed by atoms with Crippen LogP contribution >= 0.6 is 23.1 Å². The van der Waals surface area contributed by atoms with E-state index in [1.54, 1.807) is 30.0 Å². The largest absolute Gasteiger partial charge is 0.326 e. The zero-order chi connectivity index (χ0) is 14.8. The molecule has 0 saturated carbocycles. The van der Waals surface area contributed by atoms with Crippen LogP contribution in [-0.4, -0.2) is 48.5 Å². The minimum Gasteiger partial charge on any atom is -0.326 e. The first-order valence-corrected chi connectivity index (χ1v) is 10.6. The van der Waals surface area contributed by atoms with Gasteiger partial charge < -0.3 is 5.73 Å². The minimum atomic E-state index is -3.09. The smallest absolute Gasteiger partial charge is 0.166 e. The van der Waals surface area contributed by atoms with E-state index in [9.17, 15) is 8.42 Å². The number of hydrogen-bond donors (Lipinski definition) is 1. The van der Waals surface area contributed by atoms with Crippen LogP contribution in [0.2, 0.25) is 0 Å². The van der Waals surface area contributed by atoms with E-state index in [1.807, 2.05) is 18.4 Å². The van der Waals surface area contributed by atoms with Crippen LogP contribution in [0.15, 0.2) is 17.5 Å². The number of sulfone groups is 1. The Labute approximate surface area is 129 Å². The van der Waals surface area contributed by atoms with Gasteiger partial charge >= 0.3 is 0 Å². The summed E-state index contributed by atoms with van der Waals surface area (Å²) in [5, 5.41) is 1.61. The van der Waals surface area contributed by atoms with Crippen molar-refractivity contribution >= 4 is 32.9 Å². The SMILES string of the molecule is CCS(=O)(=O)C1CSCCN1C(c1cccs1)C(C)N. The molecule has 4 nitrogen and oxygen atoms in total. The van der Waals surface area contributed by atoms with E-state index in [1.165, 1.54) is 0 Å². The van der Waals surface area contributed by atoms with Gasteiger partial charge in [0.2, 0.25) is 0 Å². The fraction of sp³-hybridized carbons (Fsp3) is 0.692. The molecule has 2 N–H and O–H groups in total. The molecule has 114 valence electrons. The van der Waals surface area contributed by atoms with Gasteiger partial charge in [-0.3, -0.25) is 4.90 Å². The van der Waals surface area contributed by atoms with Gasteiger partial charge in [0.05, 0.1) is 6.04 Å². The highest BCUT2D eigenvalue weighted by atomic mass is 32.2. The van der Waals surface area contributed by atoms with Crippen molar-refractivity contribution in [1.29, 1.82) is 0 Å². The van der Waals surface area contributed by atoms with E-state index in [0.29, 0.717) is 5.75 Å². The molecule has 3 unspecified atom stereocenters. The maximum absolute atomic E-state index is 12.4. The van der Waals surface area contributed by atoms with Gasteiger partial charge in [-0.2, -0.15) is 11.8 Å². The first kappa shape index (κ1) is 16.3. The molecule has 1 fully saturated rings. The van der Waals surface area contributed by atoms with E-state index in [2.05, 4.69) is 11.0 Å². The van der Waals surface area contributed by atoms with Gasteiger partial charge in [-0.1, -0.05) is 13.0 Å². The Kier molecular flexibility index (Phi) is 5.53. The molecule has 1 aromatic rings. The van der Waals surface area contributed by atoms with Crippen LogP contribution in [0, 0.1) is 0 Å². The first-order valence-electron chi connectivity index (χ1n) is 6.81. The van der Waals surface area contributed by atoms with Crippen molar-refractivity contribution in [2.75, 3.05) is 23.8 Å². The van der Waals surface area contributed by atoms with Gasteiger partial charge in [0.25, 0.3) is 0 Å². The summed E-state index contributed by atoms with van der Waals surface area (Å²) in [5.41, 5.74) is 6.17. The van der Waals surface area contributed by atoms with Crippen molar-refractivity contribution in [2.24, 2.45) is 5.73 Å². The summed E-state index contributed by atoms with van der Waals surface area (Å²) in [6.45, 7) is 4.46. The minimum absolute atomic E-state index is 0.0118. The topological polar surface area (TPSA) is 63.4 Å². The van der Waals surface area contributed by atoms with Crippen molar-refractivity contribution < 1.29 is 8.42 Å². The molecule has 0 radical (unpaired) electrons. The lowest BCUT2D eigenvalue weighted by Crippen LogP contribution is -2.52. The van der Waals surface area contributed by atoms with Crippen molar-refractivity contribution in [3.8, 4) is 0 Å². The molecule has 0 aromatic carbocycles. The van der Waals surface area contributed by atoms with E-state index in [0.717, 1.165) is 17.2 Å². The number of nitrogens with two attached hydrogens (primary N) is 1. The van der Waals surface area contributed by atoms with Crippen LogP contribution in [0.4, 0.5) is 0 Å². The summed E-state index contributed by atoms with van der Waals surface area (Å²) in [6.07, 6.45) is 0. The van der Waals surface area contributed by atoms with Crippen LogP contribution in [0.1, 0.15) is 24.8 Å². The summed E-state index contributed by atoms with van der Waals surface area (Å²) < 4.78 is 24.7. The number of thiophene rings is 1. The molecule has 2 heterocycles. The quantitative estimate of drug-likeness (QED) is 0.891. The third kappa shape index (κ3) is 3.39. The molecule has 1 aliphatic rings. The van der Waals surface area contributed by atoms with Crippen molar-refractivity contribution in [2.45, 2.75) is 31.3 Å². The molecule has 1 aliphatic heterocycles. The van der Waals surface area contributed by atoms with Gasteiger partial charge in [0.15, 0.2) is 9.84 Å². The zero-order valence-corrected chi connectivity index (χ0v) is 14.3. The van der Waals surface area contributed by atoms with Crippen LogP contribution in [0.5, 0.6) is 0 Å². The number of thioether (sulfide) groups is 1. The third-order valence-corrected chi connectivity index (χ3v) is 7.88. The molecule has 1 aromatic heterocycles. The van der Waals surface area contributed by atoms with E-state index in [-0.39, 0.29) is 17.8 Å². The molecule has 2 rings (SSSR count). The summed E-state index contributed by atoms with van der Waals surface area (Å²) in [7, 11) is -3.09. The monoisotopic (exact) mass is 334 g/mol. The van der Waals surface area contributed by atoms with Gasteiger partial charge in [0, 0.05) is 34.7 Å². The molecular formula is C13H22N2O2S3. The Balaban J connectivity index is 2.34. The Bertz CT molecular complexity index is 514. The zero-order valence-electron chi connectivity index (χ0n) is 11.9. The number of rotatable bonds is 5. The lowest BCUT2D eigenvalue weighted by Gasteiger charge is -2.41. The molecule has 0 spiro atoms. The summed E-state index contributed by atoms with van der Waals surface area (Å²) in [4.78, 5) is 3.26. The van der Waals surface area contributed by atoms with E-state index >= 15 is 0 Å². The van der Waals surface area contributed by atoms with Crippen molar-refractivity contribution in [3.63, 3.8) is 0 Å². The molecule has 0 aliphatic carbocycles. The highest BCUT2D eigenvalue weighted by Gasteiger charge is 2.38. The lowest BCUT2D eigenvalue weighted by molar-refractivity contribution is 0.175. The summed E-state index contributed by atoms with van der Waals surface area (Å²) >= 11 is 3.37. The van der Waals surface area contributed by atoms with Crippen LogP contribution in [0.3, 0.4) is 0 Å². The molecule has 3 atom stereocenters. The van der Waals surface area contributed by atoms with Crippen LogP contribution in [0.25, 0.3) is 0 Å². The van der Waals surface area contributed by atoms with Crippen molar-refractivity contribution in [3.05, 3.63) is 22.4 Å². The lowest BCUT2D eigenvalue weighted by atomic mass is 10.1. The third-order valence-electron chi connectivity index (χ3n) is 3.63. The maximum atomic E-state index is 12.4. The fourth-order valence-corrected chi connectivity index (χ4v) is 6.61. The second kappa shape index (κ2) is 6.79. The predicted molar refractivity (Wildman–Crippen MR) is 88.0 cm³/mol. The van der Waals surface area contributed by atoms with Crippen LogP contribution < -0.4 is 5.73 Å². The Morgan fingerprint density at radius 1 is 1.55 bits per heavy atom. The van der Waals surface area contributed by atoms with Gasteiger partial charge in [-0.25, -0.2) is 8.42 Å². The van der Waals surface area contributed by atoms with Gasteiger partial charge in [0.1, 0.15) is 5.37 Å². The molecule has 20 heavy (non-hydrogen) atoms. The predicted octanol–water partition coefficient (Wildman–Crippen LogP) is 1.95. The second-order valence-electron chi connectivity index (χ2n) is 5.04. The average Bonchev–Trinajstić information content (AvgIpc) is 2.93. The van der Waals surface area contributed by atoms with Crippen LogP contribution in [-0.2, 0) is 9.84 Å². The number of nitrogens with zero attached hydrogens (tertiary/aromatic N) is 1. The molecule has 0 bridgehead atoms. The Morgan fingerprint density at radius 2 is 2.30 bits per heavy atom. The fourth-order valence-electron chi connectivity index (χ4n) is 2.60. The molecular weight excluding hydrogens is 312 g/mol. The van der Waals surface area contributed by atoms with Gasteiger partial charge in [-0.15, -0.1) is 11.3 Å². The summed E-state index contributed by atoms with van der Waals surface area (Å²) in [5.74, 6) is 1.79. The Morgan fingerprint density at radius 3 is 2.85 bits per heavy atom. The van der Waals surface area contributed by atoms with Gasteiger partial charge in [-0.05, 0) is 18.4 Å². The Hall–Kier alpha value is -0.0800. The number of hydrogen-bond acceptors (Lipinski definition) is 6. The molecule has 7 heteroatoms. The highest BCUT2D eigenvalue weighted by molar-refractivity contribution is 8.01. The maximum Gasteiger partial charge on any atom is 0.166 e. The average molecular weight is 335 g/mol. The summed E-state index contributed by atoms with van der Waals surface area (Å²) in [6, 6.07) is 3.95. The van der Waals surface area contributed by atoms with E-state index in [4.69, 9.17) is 5.73 Å². The normalized spacial score (nSPS) is 24.4. The molecule has 0 amide bonds. The highest BCUT2D eigenvalue weighted by Crippen LogP contribution is 2.34. The van der Waals surface area contributed by atoms with Crippen molar-refractivity contribution in [1.82, 2.24) is 4.90 Å². The second-order valence-corrected chi connectivity index (χ2v) is 9.61. The first-order chi connectivity index (χ1) is 9.47. The molecule has 1 saturated heterocycles. The van der Waals surface area contributed by atoms with E-state index < -0.39 is 15.2 Å².